The van der Waals surface area contributed by atoms with Crippen molar-refractivity contribution in [1.29, 1.82) is 0 Å². The summed E-state index contributed by atoms with van der Waals surface area (Å²) in [4.78, 5) is 9.28. The molecule has 0 N–H and O–H groups in total. The van der Waals surface area contributed by atoms with Gasteiger partial charge in [-0.25, -0.2) is 0 Å². The highest BCUT2D eigenvalue weighted by Gasteiger charge is 2.19. The minimum Gasteiger partial charge on any atom is -0.311 e. The van der Waals surface area contributed by atoms with Gasteiger partial charge in [0.2, 0.25) is 0 Å². The van der Waals surface area contributed by atoms with Crippen LogP contribution >= 0.6 is 0 Å². The third kappa shape index (κ3) is 10.9. The second kappa shape index (κ2) is 23.6. The Morgan fingerprint density at radius 2 is 0.207 bits per heavy atom. The summed E-state index contributed by atoms with van der Waals surface area (Å²) in [6, 6.07) is 126. The van der Waals surface area contributed by atoms with E-state index in [0.29, 0.717) is 0 Å². The van der Waals surface area contributed by atoms with Gasteiger partial charge in [-0.2, -0.15) is 0 Å². The SMILES string of the molecule is c1ccc(-c2ccc(N(c3ccccc3)c3ccc(-c4ccc(N(c5ccccc5)c5ccc(N(c6ccccc6)c6ccc(-c7ccc(N(c8ccccc8)c8ccc(-c9ccccc9)cc8)cc7)cc6)cc5)cc4)cc3)cc2)cc1. The first-order valence-corrected chi connectivity index (χ1v) is 27.9. The average Bonchev–Trinajstić information content (AvgIpc) is 3.70. The van der Waals surface area contributed by atoms with Crippen LogP contribution in [-0.4, -0.2) is 0 Å². The van der Waals surface area contributed by atoms with Crippen LogP contribution in [0.25, 0.3) is 44.5 Å². The van der Waals surface area contributed by atoms with Crippen LogP contribution < -0.4 is 19.6 Å². The number of hydrogen-bond acceptors (Lipinski definition) is 4. The van der Waals surface area contributed by atoms with Crippen molar-refractivity contribution in [3.63, 3.8) is 0 Å². The fraction of sp³-hybridized carbons (Fsp3) is 0. The maximum absolute atomic E-state index is 2.32. The molecule has 0 aliphatic rings. The highest BCUT2D eigenvalue weighted by Crippen LogP contribution is 2.43. The molecule has 82 heavy (non-hydrogen) atoms. The summed E-state index contributed by atoms with van der Waals surface area (Å²) >= 11 is 0. The molecule has 4 heteroatoms. The molecule has 4 nitrogen and oxygen atoms in total. The van der Waals surface area contributed by atoms with Crippen molar-refractivity contribution >= 4 is 68.2 Å². The van der Waals surface area contributed by atoms with Crippen LogP contribution in [0.5, 0.6) is 0 Å². The second-order valence-electron chi connectivity index (χ2n) is 20.2. The molecule has 0 aromatic heterocycles. The van der Waals surface area contributed by atoms with Crippen molar-refractivity contribution in [3.05, 3.63) is 352 Å². The van der Waals surface area contributed by atoms with Gasteiger partial charge in [0.1, 0.15) is 0 Å². The van der Waals surface area contributed by atoms with Gasteiger partial charge in [-0.1, -0.05) is 206 Å². The maximum Gasteiger partial charge on any atom is 0.0463 e. The molecule has 0 saturated heterocycles. The lowest BCUT2D eigenvalue weighted by Gasteiger charge is -2.28. The molecule has 0 heterocycles. The number of nitrogens with zero attached hydrogens (tertiary/aromatic N) is 4. The number of anilines is 12. The van der Waals surface area contributed by atoms with E-state index < -0.39 is 0 Å². The molecule has 0 fully saturated rings. The summed E-state index contributed by atoms with van der Waals surface area (Å²) in [6.07, 6.45) is 0. The van der Waals surface area contributed by atoms with Crippen molar-refractivity contribution in [1.82, 2.24) is 0 Å². The lowest BCUT2D eigenvalue weighted by molar-refractivity contribution is 1.26. The van der Waals surface area contributed by atoms with Crippen LogP contribution in [0.1, 0.15) is 0 Å². The van der Waals surface area contributed by atoms with Crippen LogP contribution in [0.15, 0.2) is 352 Å². The monoisotopic (exact) mass is 1050 g/mol. The summed E-state index contributed by atoms with van der Waals surface area (Å²) < 4.78 is 0. The Morgan fingerprint density at radius 3 is 0.366 bits per heavy atom. The minimum atomic E-state index is 1.06. The van der Waals surface area contributed by atoms with E-state index in [2.05, 4.69) is 371 Å². The smallest absolute Gasteiger partial charge is 0.0463 e. The van der Waals surface area contributed by atoms with Gasteiger partial charge in [-0.3, -0.25) is 0 Å². The van der Waals surface area contributed by atoms with Gasteiger partial charge < -0.3 is 19.6 Å². The van der Waals surface area contributed by atoms with Crippen molar-refractivity contribution in [2.24, 2.45) is 0 Å². The largest absolute Gasteiger partial charge is 0.311 e. The van der Waals surface area contributed by atoms with Crippen LogP contribution in [0.2, 0.25) is 0 Å². The summed E-state index contributed by atoms with van der Waals surface area (Å²) in [7, 11) is 0. The zero-order valence-electron chi connectivity index (χ0n) is 45.3. The standard InChI is InChI=1S/C78H58N4/c1-7-19-59(20-8-1)61-31-43-71(44-32-61)79(67-23-11-3-12-24-67)73-47-35-63(36-48-73)65-39-51-75(52-40-65)81(69-27-15-5-16-28-69)77-55-57-78(58-56-77)82(70-29-17-6-18-30-70)76-53-41-66(42-54-76)64-37-49-74(50-38-64)80(68-25-13-4-14-26-68)72-45-33-62(34-46-72)60-21-9-2-10-22-60/h1-58H. The molecule has 13 aromatic carbocycles. The predicted octanol–water partition coefficient (Wildman–Crippen LogP) is 22.2. The predicted molar refractivity (Wildman–Crippen MR) is 347 cm³/mol. The molecular formula is C78H58N4. The van der Waals surface area contributed by atoms with Crippen LogP contribution in [-0.2, 0) is 0 Å². The Kier molecular flexibility index (Phi) is 14.5. The molecule has 0 aliphatic heterocycles. The van der Waals surface area contributed by atoms with E-state index >= 15 is 0 Å². The van der Waals surface area contributed by atoms with Gasteiger partial charge in [-0.15, -0.1) is 0 Å². The molecular weight excluding hydrogens is 993 g/mol. The molecule has 13 rings (SSSR count). The summed E-state index contributed by atoms with van der Waals surface area (Å²) in [5, 5.41) is 0. The van der Waals surface area contributed by atoms with Gasteiger partial charge in [-0.05, 0) is 190 Å². The quantitative estimate of drug-likeness (QED) is 0.0956. The van der Waals surface area contributed by atoms with E-state index in [1.165, 1.54) is 22.3 Å². The molecule has 0 saturated carbocycles. The fourth-order valence-electron chi connectivity index (χ4n) is 10.9. The molecule has 0 radical (unpaired) electrons. The lowest BCUT2D eigenvalue weighted by atomic mass is 10.0. The van der Waals surface area contributed by atoms with Crippen molar-refractivity contribution in [2.75, 3.05) is 19.6 Å². The highest BCUT2D eigenvalue weighted by atomic mass is 15.2. The first-order chi connectivity index (χ1) is 40.7. The van der Waals surface area contributed by atoms with E-state index in [4.69, 9.17) is 0 Å². The minimum absolute atomic E-state index is 1.06. The third-order valence-electron chi connectivity index (χ3n) is 15.1. The molecule has 0 unspecified atom stereocenters. The molecule has 0 spiro atoms. The topological polar surface area (TPSA) is 13.0 Å². The van der Waals surface area contributed by atoms with Crippen LogP contribution in [0.3, 0.4) is 0 Å². The van der Waals surface area contributed by atoms with Gasteiger partial charge in [0, 0.05) is 68.2 Å². The Labute approximate surface area is 481 Å². The van der Waals surface area contributed by atoms with E-state index in [9.17, 15) is 0 Å². The Morgan fingerprint density at radius 1 is 0.0976 bits per heavy atom. The molecule has 0 bridgehead atoms. The van der Waals surface area contributed by atoms with E-state index in [0.717, 1.165) is 90.5 Å². The van der Waals surface area contributed by atoms with Crippen LogP contribution in [0.4, 0.5) is 68.2 Å². The molecule has 0 atom stereocenters. The number of para-hydroxylation sites is 4. The van der Waals surface area contributed by atoms with Gasteiger partial charge in [0.25, 0.3) is 0 Å². The van der Waals surface area contributed by atoms with Gasteiger partial charge in [0.15, 0.2) is 0 Å². The van der Waals surface area contributed by atoms with Gasteiger partial charge >= 0.3 is 0 Å². The lowest BCUT2D eigenvalue weighted by Crippen LogP contribution is -2.12. The summed E-state index contributed by atoms with van der Waals surface area (Å²) in [6.45, 7) is 0. The highest BCUT2D eigenvalue weighted by molar-refractivity contribution is 5.85. The second-order valence-corrected chi connectivity index (χ2v) is 20.2. The zero-order chi connectivity index (χ0) is 54.9. The summed E-state index contributed by atoms with van der Waals surface area (Å²) in [5.41, 5.74) is 22.4. The maximum atomic E-state index is 2.32. The van der Waals surface area contributed by atoms with Crippen molar-refractivity contribution in [3.8, 4) is 44.5 Å². The van der Waals surface area contributed by atoms with E-state index in [1.807, 2.05) is 0 Å². The molecule has 0 aliphatic carbocycles. The van der Waals surface area contributed by atoms with E-state index in [1.54, 1.807) is 0 Å². The third-order valence-corrected chi connectivity index (χ3v) is 15.1. The van der Waals surface area contributed by atoms with Gasteiger partial charge in [0.05, 0.1) is 0 Å². The van der Waals surface area contributed by atoms with Crippen molar-refractivity contribution < 1.29 is 0 Å². The van der Waals surface area contributed by atoms with Crippen LogP contribution in [0, 0.1) is 0 Å². The summed E-state index contributed by atoms with van der Waals surface area (Å²) in [5.74, 6) is 0. The Hall–Kier alpha value is -10.9. The Balaban J connectivity index is 0.749. The molecule has 0 amide bonds. The normalized spacial score (nSPS) is 10.9. The first-order valence-electron chi connectivity index (χ1n) is 27.9. The number of hydrogen-bond donors (Lipinski definition) is 0. The zero-order valence-corrected chi connectivity index (χ0v) is 45.3. The molecule has 390 valence electrons. The molecule has 13 aromatic rings. The number of rotatable bonds is 16. The van der Waals surface area contributed by atoms with Crippen molar-refractivity contribution in [2.45, 2.75) is 0 Å². The van der Waals surface area contributed by atoms with E-state index in [-0.39, 0.29) is 0 Å². The average molecular weight is 1050 g/mol. The fourth-order valence-corrected chi connectivity index (χ4v) is 10.9. The number of benzene rings is 13. The Bertz CT molecular complexity index is 3830. The first kappa shape index (κ1) is 50.6.